The van der Waals surface area contributed by atoms with Crippen molar-refractivity contribution in [3.63, 3.8) is 0 Å². The molecule has 0 radical (unpaired) electrons. The summed E-state index contributed by atoms with van der Waals surface area (Å²) >= 11 is 0. The van der Waals surface area contributed by atoms with Crippen LogP contribution in [0.5, 0.6) is 0 Å². The first-order valence-electron chi connectivity index (χ1n) is 11.3. The normalized spacial score (nSPS) is 18.0. The van der Waals surface area contributed by atoms with Crippen LogP contribution in [0.25, 0.3) is 0 Å². The van der Waals surface area contributed by atoms with Crippen LogP contribution in [0.3, 0.4) is 0 Å². The minimum Gasteiger partial charge on any atom is -0.390 e. The van der Waals surface area contributed by atoms with E-state index in [-0.39, 0.29) is 30.2 Å². The predicted molar refractivity (Wildman–Crippen MR) is 120 cm³/mol. The third-order valence-electron chi connectivity index (χ3n) is 5.80. The molecule has 0 spiro atoms. The zero-order valence-electron chi connectivity index (χ0n) is 19.6. The Hall–Kier alpha value is -2.06. The number of nitrogens with one attached hydrogen (secondary N) is 3. The molecule has 2 rings (SSSR count). The number of hydrogen-bond donors (Lipinski definition) is 4. The summed E-state index contributed by atoms with van der Waals surface area (Å²) in [4.78, 5) is 24.8. The minimum absolute atomic E-state index is 0.0538. The molecule has 1 aliphatic carbocycles. The molecule has 2 amide bonds. The van der Waals surface area contributed by atoms with Gasteiger partial charge in [-0.1, -0.05) is 40.0 Å². The zero-order valence-corrected chi connectivity index (χ0v) is 19.6. The fraction of sp³-hybridized carbons (Fsp3) is 0.667. The van der Waals surface area contributed by atoms with E-state index >= 15 is 0 Å². The van der Waals surface area contributed by atoms with Crippen LogP contribution in [0.2, 0.25) is 0 Å². The summed E-state index contributed by atoms with van der Waals surface area (Å²) in [6, 6.07) is 2.37. The lowest BCUT2D eigenvalue weighted by Crippen LogP contribution is -2.61. The molecule has 2 atom stereocenters. The maximum Gasteiger partial charge on any atom is 0.240 e. The number of carbonyl (C=O) groups is 2. The Morgan fingerprint density at radius 2 is 1.69 bits per heavy atom. The van der Waals surface area contributed by atoms with E-state index in [1.807, 2.05) is 20.8 Å². The maximum atomic E-state index is 13.6. The van der Waals surface area contributed by atoms with Crippen LogP contribution in [0.4, 0.5) is 8.78 Å². The summed E-state index contributed by atoms with van der Waals surface area (Å²) in [6.07, 6.45) is 3.19. The second kappa shape index (κ2) is 11.2. The fourth-order valence-electron chi connectivity index (χ4n) is 4.12. The first-order valence-corrected chi connectivity index (χ1v) is 11.3. The Bertz CT molecular complexity index is 769. The lowest BCUT2D eigenvalue weighted by atomic mass is 9.80. The summed E-state index contributed by atoms with van der Waals surface area (Å²) in [5.41, 5.74) is -0.506. The van der Waals surface area contributed by atoms with Crippen LogP contribution in [-0.2, 0) is 16.0 Å². The summed E-state index contributed by atoms with van der Waals surface area (Å²) in [5.74, 6) is -1.87. The van der Waals surface area contributed by atoms with Gasteiger partial charge in [0, 0.05) is 26.1 Å². The van der Waals surface area contributed by atoms with Crippen LogP contribution < -0.4 is 16.0 Å². The summed E-state index contributed by atoms with van der Waals surface area (Å²) in [6.45, 7) is 8.06. The molecule has 1 aromatic rings. The Morgan fingerprint density at radius 3 is 2.22 bits per heavy atom. The molecule has 0 heterocycles. The molecule has 1 aromatic carbocycles. The van der Waals surface area contributed by atoms with Gasteiger partial charge in [0.05, 0.1) is 17.7 Å². The van der Waals surface area contributed by atoms with Crippen molar-refractivity contribution >= 4 is 11.8 Å². The van der Waals surface area contributed by atoms with E-state index < -0.39 is 29.3 Å². The van der Waals surface area contributed by atoms with E-state index in [1.165, 1.54) is 19.1 Å². The lowest BCUT2D eigenvalue weighted by molar-refractivity contribution is -0.130. The number of rotatable bonds is 9. The quantitative estimate of drug-likeness (QED) is 0.463. The maximum absolute atomic E-state index is 13.6. The molecule has 0 aromatic heterocycles. The Kier molecular flexibility index (Phi) is 9.16. The molecule has 32 heavy (non-hydrogen) atoms. The minimum atomic E-state index is -1.06. The topological polar surface area (TPSA) is 90.5 Å². The average Bonchev–Trinajstić information content (AvgIpc) is 2.68. The predicted octanol–water partition coefficient (Wildman–Crippen LogP) is 2.83. The van der Waals surface area contributed by atoms with Gasteiger partial charge in [0.25, 0.3) is 0 Å². The first-order chi connectivity index (χ1) is 14.9. The third-order valence-corrected chi connectivity index (χ3v) is 5.80. The smallest absolute Gasteiger partial charge is 0.240 e. The van der Waals surface area contributed by atoms with Gasteiger partial charge in [-0.25, -0.2) is 8.78 Å². The summed E-state index contributed by atoms with van der Waals surface area (Å²) in [5, 5.41) is 19.8. The van der Waals surface area contributed by atoms with Gasteiger partial charge in [0.1, 0.15) is 11.6 Å². The van der Waals surface area contributed by atoms with Crippen molar-refractivity contribution in [2.75, 3.05) is 13.1 Å². The highest BCUT2D eigenvalue weighted by molar-refractivity contribution is 5.86. The van der Waals surface area contributed by atoms with Crippen molar-refractivity contribution < 1.29 is 23.5 Å². The molecule has 4 N–H and O–H groups in total. The highest BCUT2D eigenvalue weighted by Crippen LogP contribution is 2.29. The van der Waals surface area contributed by atoms with E-state index in [1.54, 1.807) is 0 Å². The Morgan fingerprint density at radius 1 is 1.09 bits per heavy atom. The van der Waals surface area contributed by atoms with Crippen LogP contribution in [0, 0.1) is 17.0 Å². The third kappa shape index (κ3) is 8.13. The Labute approximate surface area is 189 Å². The number of hydrogen-bond acceptors (Lipinski definition) is 4. The molecule has 180 valence electrons. The standard InChI is InChI=1S/C24H37F2N3O3/c1-16(30)29-20(12-17-10-18(25)13-19(26)11-17)21(31)14-28-24(8-6-5-7-9-24)22(32)27-15-23(2,3)4/h10-11,13,20-21,28,31H,5-9,12,14-15H2,1-4H3,(H,27,32)(H,29,30)/t20-,21+/m0/s1. The van der Waals surface area contributed by atoms with E-state index in [0.717, 1.165) is 25.3 Å². The number of halogens is 2. The number of aliphatic hydroxyl groups is 1. The van der Waals surface area contributed by atoms with Crippen molar-refractivity contribution in [3.05, 3.63) is 35.4 Å². The van der Waals surface area contributed by atoms with Crippen molar-refractivity contribution in [2.24, 2.45) is 5.41 Å². The molecule has 0 unspecified atom stereocenters. The van der Waals surface area contributed by atoms with Crippen LogP contribution in [0.15, 0.2) is 18.2 Å². The molecule has 0 aliphatic heterocycles. The Balaban J connectivity index is 2.10. The van der Waals surface area contributed by atoms with Gasteiger partial charge in [-0.2, -0.15) is 0 Å². The molecular formula is C24H37F2N3O3. The first kappa shape index (κ1) is 26.2. The summed E-state index contributed by atoms with van der Waals surface area (Å²) in [7, 11) is 0. The lowest BCUT2D eigenvalue weighted by Gasteiger charge is -2.39. The SMILES string of the molecule is CC(=O)N[C@@H](Cc1cc(F)cc(F)c1)[C@H](O)CNC1(C(=O)NCC(C)(C)C)CCCCC1. The van der Waals surface area contributed by atoms with E-state index in [0.29, 0.717) is 24.9 Å². The van der Waals surface area contributed by atoms with Crippen molar-refractivity contribution in [2.45, 2.75) is 83.9 Å². The largest absolute Gasteiger partial charge is 0.390 e. The van der Waals surface area contributed by atoms with E-state index in [2.05, 4.69) is 16.0 Å². The molecule has 6 nitrogen and oxygen atoms in total. The van der Waals surface area contributed by atoms with Crippen LogP contribution in [0.1, 0.15) is 65.4 Å². The number of carbonyl (C=O) groups excluding carboxylic acids is 2. The van der Waals surface area contributed by atoms with Crippen molar-refractivity contribution in [1.29, 1.82) is 0 Å². The van der Waals surface area contributed by atoms with Crippen molar-refractivity contribution in [1.82, 2.24) is 16.0 Å². The molecule has 0 bridgehead atoms. The zero-order chi connectivity index (χ0) is 23.9. The highest BCUT2D eigenvalue weighted by Gasteiger charge is 2.40. The van der Waals surface area contributed by atoms with Gasteiger partial charge in [-0.15, -0.1) is 0 Å². The van der Waals surface area contributed by atoms with Gasteiger partial charge < -0.3 is 21.1 Å². The van der Waals surface area contributed by atoms with Crippen LogP contribution >= 0.6 is 0 Å². The van der Waals surface area contributed by atoms with Gasteiger partial charge in [-0.3, -0.25) is 9.59 Å². The van der Waals surface area contributed by atoms with E-state index in [4.69, 9.17) is 0 Å². The van der Waals surface area contributed by atoms with Gasteiger partial charge in [0.15, 0.2) is 0 Å². The molecule has 8 heteroatoms. The second-order valence-electron chi connectivity index (χ2n) is 10.1. The molecule has 1 aliphatic rings. The molecule has 0 saturated heterocycles. The van der Waals surface area contributed by atoms with Gasteiger partial charge in [0.2, 0.25) is 11.8 Å². The van der Waals surface area contributed by atoms with Gasteiger partial charge >= 0.3 is 0 Å². The average molecular weight is 454 g/mol. The van der Waals surface area contributed by atoms with Gasteiger partial charge in [-0.05, 0) is 42.4 Å². The highest BCUT2D eigenvalue weighted by atomic mass is 19.1. The number of aliphatic hydroxyl groups excluding tert-OH is 1. The van der Waals surface area contributed by atoms with E-state index in [9.17, 15) is 23.5 Å². The molecule has 1 saturated carbocycles. The number of amides is 2. The number of β-amino-alcohol motifs (C(OH)–C–C–N with tert-alkyl or cyclic N) is 1. The van der Waals surface area contributed by atoms with Crippen molar-refractivity contribution in [3.8, 4) is 0 Å². The number of benzene rings is 1. The second-order valence-corrected chi connectivity index (χ2v) is 10.1. The monoisotopic (exact) mass is 453 g/mol. The fourth-order valence-corrected chi connectivity index (χ4v) is 4.12. The van der Waals surface area contributed by atoms with Crippen LogP contribution in [-0.4, -0.2) is 47.7 Å². The summed E-state index contributed by atoms with van der Waals surface area (Å²) < 4.78 is 27.2. The molecular weight excluding hydrogens is 416 g/mol. The molecule has 1 fully saturated rings.